The van der Waals surface area contributed by atoms with Gasteiger partial charge < -0.3 is 9.84 Å². The molecule has 1 N–H and O–H groups in total. The van der Waals surface area contributed by atoms with E-state index in [1.807, 2.05) is 32.9 Å². The first-order valence-electron chi connectivity index (χ1n) is 6.86. The van der Waals surface area contributed by atoms with Crippen LogP contribution in [0.15, 0.2) is 24.3 Å². The molecule has 3 nitrogen and oxygen atoms in total. The Morgan fingerprint density at radius 2 is 1.74 bits per heavy atom. The zero-order valence-electron chi connectivity index (χ0n) is 12.1. The Bertz CT molecular complexity index is 387. The average Bonchev–Trinajstić information content (AvgIpc) is 2.29. The smallest absolute Gasteiger partial charge is 0.306 e. The van der Waals surface area contributed by atoms with Gasteiger partial charge in [0.05, 0.1) is 0 Å². The second kappa shape index (κ2) is 7.17. The van der Waals surface area contributed by atoms with Crippen LogP contribution < -0.4 is 0 Å². The molecular formula is C16H24O3. The highest BCUT2D eigenvalue weighted by atomic mass is 16.6. The predicted molar refractivity (Wildman–Crippen MR) is 76.1 cm³/mol. The highest BCUT2D eigenvalue weighted by molar-refractivity contribution is 5.69. The average molecular weight is 264 g/mol. The minimum absolute atomic E-state index is 0.114. The molecule has 19 heavy (non-hydrogen) atoms. The number of hydrogen-bond donors (Lipinski definition) is 1. The lowest BCUT2D eigenvalue weighted by Gasteiger charge is -2.19. The molecule has 0 aromatic heterocycles. The zero-order chi connectivity index (χ0) is 14.3. The highest BCUT2D eigenvalue weighted by Crippen LogP contribution is 2.14. The third kappa shape index (κ3) is 7.50. The van der Waals surface area contributed by atoms with Crippen LogP contribution in [0, 0.1) is 0 Å². The second-order valence-corrected chi connectivity index (χ2v) is 5.81. The largest absolute Gasteiger partial charge is 0.508 e. The minimum atomic E-state index is -0.386. The van der Waals surface area contributed by atoms with Crippen LogP contribution in [-0.2, 0) is 16.0 Å². The molecule has 0 saturated carbocycles. The van der Waals surface area contributed by atoms with E-state index >= 15 is 0 Å². The maximum atomic E-state index is 11.5. The molecule has 0 aliphatic carbocycles. The van der Waals surface area contributed by atoms with E-state index in [0.717, 1.165) is 25.7 Å². The van der Waals surface area contributed by atoms with Gasteiger partial charge in [0, 0.05) is 6.42 Å². The quantitative estimate of drug-likeness (QED) is 0.627. The summed E-state index contributed by atoms with van der Waals surface area (Å²) in [6, 6.07) is 7.28. The van der Waals surface area contributed by atoms with Crippen LogP contribution in [0.25, 0.3) is 0 Å². The van der Waals surface area contributed by atoms with Crippen molar-refractivity contribution in [1.29, 1.82) is 0 Å². The summed E-state index contributed by atoms with van der Waals surface area (Å²) in [5.74, 6) is 0.186. The van der Waals surface area contributed by atoms with Crippen molar-refractivity contribution in [3.8, 4) is 5.75 Å². The fourth-order valence-electron chi connectivity index (χ4n) is 1.83. The van der Waals surface area contributed by atoms with Gasteiger partial charge in [0.1, 0.15) is 11.4 Å². The summed E-state index contributed by atoms with van der Waals surface area (Å²) in [5, 5.41) is 9.17. The van der Waals surface area contributed by atoms with Gasteiger partial charge >= 0.3 is 5.97 Å². The molecule has 0 saturated heterocycles. The summed E-state index contributed by atoms with van der Waals surface area (Å²) >= 11 is 0. The molecule has 1 aromatic carbocycles. The molecule has 0 fully saturated rings. The van der Waals surface area contributed by atoms with Crippen molar-refractivity contribution in [3.05, 3.63) is 29.8 Å². The van der Waals surface area contributed by atoms with Gasteiger partial charge in [-0.3, -0.25) is 4.79 Å². The number of ether oxygens (including phenoxy) is 1. The molecule has 1 aromatic rings. The summed E-state index contributed by atoms with van der Waals surface area (Å²) < 4.78 is 5.25. The van der Waals surface area contributed by atoms with Crippen LogP contribution in [0.1, 0.15) is 52.0 Å². The third-order valence-electron chi connectivity index (χ3n) is 2.70. The molecule has 0 aliphatic heterocycles. The van der Waals surface area contributed by atoms with Gasteiger partial charge in [0.2, 0.25) is 0 Å². The number of phenolic OH excluding ortho intramolecular Hbond substituents is 1. The van der Waals surface area contributed by atoms with E-state index in [2.05, 4.69) is 0 Å². The highest BCUT2D eigenvalue weighted by Gasteiger charge is 2.15. The van der Waals surface area contributed by atoms with E-state index in [1.165, 1.54) is 5.56 Å². The molecule has 0 aliphatic rings. The molecule has 1 rings (SSSR count). The summed E-state index contributed by atoms with van der Waals surface area (Å²) in [4.78, 5) is 11.5. The number of rotatable bonds is 6. The molecule has 0 bridgehead atoms. The summed E-state index contributed by atoms with van der Waals surface area (Å²) in [6.07, 6.45) is 4.40. The van der Waals surface area contributed by atoms with Crippen molar-refractivity contribution in [3.63, 3.8) is 0 Å². The Balaban J connectivity index is 2.11. The van der Waals surface area contributed by atoms with E-state index in [-0.39, 0.29) is 11.6 Å². The first-order chi connectivity index (χ1) is 8.87. The first kappa shape index (κ1) is 15.5. The van der Waals surface area contributed by atoms with E-state index < -0.39 is 0 Å². The fourth-order valence-corrected chi connectivity index (χ4v) is 1.83. The molecule has 0 atom stereocenters. The molecule has 0 radical (unpaired) electrons. The Labute approximate surface area is 115 Å². The summed E-state index contributed by atoms with van der Waals surface area (Å²) in [6.45, 7) is 5.65. The van der Waals surface area contributed by atoms with Gasteiger partial charge in [-0.15, -0.1) is 0 Å². The van der Waals surface area contributed by atoms with Gasteiger partial charge in [0.15, 0.2) is 0 Å². The number of esters is 1. The van der Waals surface area contributed by atoms with E-state index in [0.29, 0.717) is 12.2 Å². The van der Waals surface area contributed by atoms with Crippen LogP contribution in [0.5, 0.6) is 5.75 Å². The van der Waals surface area contributed by atoms with E-state index in [9.17, 15) is 4.79 Å². The van der Waals surface area contributed by atoms with Crippen LogP contribution in [0.2, 0.25) is 0 Å². The predicted octanol–water partition coefficient (Wildman–Crippen LogP) is 3.84. The molecule has 0 heterocycles. The molecular weight excluding hydrogens is 240 g/mol. The number of phenols is 1. The number of carbonyl (C=O) groups excluding carboxylic acids is 1. The van der Waals surface area contributed by atoms with Crippen molar-refractivity contribution in [2.24, 2.45) is 0 Å². The van der Waals surface area contributed by atoms with Crippen molar-refractivity contribution in [2.75, 3.05) is 0 Å². The zero-order valence-corrected chi connectivity index (χ0v) is 12.1. The van der Waals surface area contributed by atoms with Gasteiger partial charge in [-0.2, -0.15) is 0 Å². The number of unbranched alkanes of at least 4 members (excludes halogenated alkanes) is 2. The third-order valence-corrected chi connectivity index (χ3v) is 2.70. The standard InChI is InChI=1S/C16H24O3/c1-16(2,3)19-15(18)8-6-4-5-7-13-9-11-14(17)12-10-13/h9-12,17H,4-8H2,1-3H3. The summed E-state index contributed by atoms with van der Waals surface area (Å²) in [7, 11) is 0. The lowest BCUT2D eigenvalue weighted by molar-refractivity contribution is -0.154. The number of benzene rings is 1. The van der Waals surface area contributed by atoms with Crippen molar-refractivity contribution in [2.45, 2.75) is 58.5 Å². The Kier molecular flexibility index (Phi) is 5.87. The van der Waals surface area contributed by atoms with Crippen molar-refractivity contribution in [1.82, 2.24) is 0 Å². The molecule has 106 valence electrons. The molecule has 0 spiro atoms. The lowest BCUT2D eigenvalue weighted by atomic mass is 10.1. The Hall–Kier alpha value is -1.51. The van der Waals surface area contributed by atoms with Crippen LogP contribution in [0.3, 0.4) is 0 Å². The topological polar surface area (TPSA) is 46.5 Å². The SMILES string of the molecule is CC(C)(C)OC(=O)CCCCCc1ccc(O)cc1. The van der Waals surface area contributed by atoms with Gasteiger partial charge in [-0.1, -0.05) is 18.6 Å². The van der Waals surface area contributed by atoms with Crippen LogP contribution in [-0.4, -0.2) is 16.7 Å². The number of carbonyl (C=O) groups is 1. The molecule has 0 unspecified atom stereocenters. The van der Waals surface area contributed by atoms with E-state index in [1.54, 1.807) is 12.1 Å². The number of aryl methyl sites for hydroxylation is 1. The minimum Gasteiger partial charge on any atom is -0.508 e. The van der Waals surface area contributed by atoms with E-state index in [4.69, 9.17) is 9.84 Å². The van der Waals surface area contributed by atoms with Gasteiger partial charge in [0.25, 0.3) is 0 Å². The second-order valence-electron chi connectivity index (χ2n) is 5.81. The maximum absolute atomic E-state index is 11.5. The summed E-state index contributed by atoms with van der Waals surface area (Å²) in [5.41, 5.74) is 0.832. The first-order valence-corrected chi connectivity index (χ1v) is 6.86. The van der Waals surface area contributed by atoms with Crippen molar-refractivity contribution < 1.29 is 14.6 Å². The van der Waals surface area contributed by atoms with Gasteiger partial charge in [-0.25, -0.2) is 0 Å². The van der Waals surface area contributed by atoms with Crippen LogP contribution in [0.4, 0.5) is 0 Å². The lowest BCUT2D eigenvalue weighted by Crippen LogP contribution is -2.23. The number of aromatic hydroxyl groups is 1. The Morgan fingerprint density at radius 3 is 2.32 bits per heavy atom. The van der Waals surface area contributed by atoms with Crippen molar-refractivity contribution >= 4 is 5.97 Å². The number of hydrogen-bond acceptors (Lipinski definition) is 3. The van der Waals surface area contributed by atoms with Crippen LogP contribution >= 0.6 is 0 Å². The fraction of sp³-hybridized carbons (Fsp3) is 0.562. The maximum Gasteiger partial charge on any atom is 0.306 e. The Morgan fingerprint density at radius 1 is 1.11 bits per heavy atom. The monoisotopic (exact) mass is 264 g/mol. The molecule has 0 amide bonds. The van der Waals surface area contributed by atoms with Gasteiger partial charge in [-0.05, 0) is 57.7 Å². The normalized spacial score (nSPS) is 11.3. The molecule has 3 heteroatoms.